The van der Waals surface area contributed by atoms with Crippen molar-refractivity contribution in [1.82, 2.24) is 9.62 Å². The van der Waals surface area contributed by atoms with Crippen LogP contribution in [0, 0.1) is 11.8 Å². The monoisotopic (exact) mass is 438 g/mol. The van der Waals surface area contributed by atoms with E-state index in [0.717, 1.165) is 0 Å². The third-order valence-electron chi connectivity index (χ3n) is 5.93. The quantitative estimate of drug-likeness (QED) is 0.733. The van der Waals surface area contributed by atoms with Gasteiger partial charge in [-0.3, -0.25) is 4.79 Å². The highest BCUT2D eigenvalue weighted by atomic mass is 32.2. The molecule has 2 aromatic heterocycles. The lowest BCUT2D eigenvalue weighted by Crippen LogP contribution is -2.44. The summed E-state index contributed by atoms with van der Waals surface area (Å²) in [6.45, 7) is 0.816. The number of thiophene rings is 2. The van der Waals surface area contributed by atoms with Crippen LogP contribution in [0.25, 0.3) is 0 Å². The van der Waals surface area contributed by atoms with E-state index in [9.17, 15) is 13.2 Å². The molecule has 152 valence electrons. The smallest absolute Gasteiger partial charge is 0.252 e. The SMILES string of the molecule is O=C(NC(c1cccs1)C1CCCC1)C1CCN(S(=O)(=O)c2cccs2)CC1. The first-order valence-electron chi connectivity index (χ1n) is 9.93. The second-order valence-corrected chi connectivity index (χ2v) is 11.7. The van der Waals surface area contributed by atoms with Crippen molar-refractivity contribution in [1.29, 1.82) is 0 Å². The van der Waals surface area contributed by atoms with Gasteiger partial charge in [-0.2, -0.15) is 4.31 Å². The fourth-order valence-corrected chi connectivity index (χ4v) is 7.83. The highest BCUT2D eigenvalue weighted by Crippen LogP contribution is 2.38. The van der Waals surface area contributed by atoms with Crippen LogP contribution in [0.5, 0.6) is 0 Å². The van der Waals surface area contributed by atoms with Crippen LogP contribution in [0.3, 0.4) is 0 Å². The van der Waals surface area contributed by atoms with Gasteiger partial charge in [0.1, 0.15) is 4.21 Å². The zero-order valence-corrected chi connectivity index (χ0v) is 18.2. The maximum atomic E-state index is 13.0. The van der Waals surface area contributed by atoms with Crippen LogP contribution in [0.15, 0.2) is 39.2 Å². The second kappa shape index (κ2) is 8.65. The summed E-state index contributed by atoms with van der Waals surface area (Å²) in [7, 11) is -3.42. The van der Waals surface area contributed by atoms with Crippen LogP contribution in [-0.2, 0) is 14.8 Å². The van der Waals surface area contributed by atoms with E-state index >= 15 is 0 Å². The van der Waals surface area contributed by atoms with Crippen molar-refractivity contribution < 1.29 is 13.2 Å². The van der Waals surface area contributed by atoms with Gasteiger partial charge in [0.15, 0.2) is 0 Å². The van der Waals surface area contributed by atoms with E-state index < -0.39 is 10.0 Å². The lowest BCUT2D eigenvalue weighted by atomic mass is 9.93. The Labute approximate surface area is 174 Å². The van der Waals surface area contributed by atoms with Crippen molar-refractivity contribution >= 4 is 38.6 Å². The van der Waals surface area contributed by atoms with Crippen molar-refractivity contribution in [3.63, 3.8) is 0 Å². The average molecular weight is 439 g/mol. The molecular weight excluding hydrogens is 412 g/mol. The van der Waals surface area contributed by atoms with Crippen LogP contribution in [-0.4, -0.2) is 31.7 Å². The molecule has 1 aliphatic carbocycles. The van der Waals surface area contributed by atoms with Crippen molar-refractivity contribution in [3.8, 4) is 0 Å². The normalized spacial score (nSPS) is 21.0. The third-order valence-corrected chi connectivity index (χ3v) is 10.2. The van der Waals surface area contributed by atoms with Crippen molar-refractivity contribution in [3.05, 3.63) is 39.9 Å². The average Bonchev–Trinajstić information content (AvgIpc) is 3.49. The van der Waals surface area contributed by atoms with Gasteiger partial charge in [-0.1, -0.05) is 25.0 Å². The molecule has 1 saturated carbocycles. The summed E-state index contributed by atoms with van der Waals surface area (Å²) < 4.78 is 27.2. The van der Waals surface area contributed by atoms with Gasteiger partial charge in [0, 0.05) is 23.9 Å². The third kappa shape index (κ3) is 4.20. The Morgan fingerprint density at radius 1 is 1.04 bits per heavy atom. The van der Waals surface area contributed by atoms with Gasteiger partial charge in [-0.05, 0) is 54.5 Å². The zero-order valence-electron chi connectivity index (χ0n) is 15.7. The largest absolute Gasteiger partial charge is 0.348 e. The second-order valence-electron chi connectivity index (χ2n) is 7.66. The van der Waals surface area contributed by atoms with Crippen LogP contribution < -0.4 is 5.32 Å². The molecule has 0 aromatic carbocycles. The molecule has 2 aliphatic rings. The van der Waals surface area contributed by atoms with Crippen molar-refractivity contribution in [2.45, 2.75) is 48.8 Å². The molecule has 0 spiro atoms. The van der Waals surface area contributed by atoms with Gasteiger partial charge in [0.2, 0.25) is 5.91 Å². The predicted molar refractivity (Wildman–Crippen MR) is 113 cm³/mol. The first-order chi connectivity index (χ1) is 13.6. The fraction of sp³-hybridized carbons (Fsp3) is 0.550. The van der Waals surface area contributed by atoms with Crippen LogP contribution in [0.4, 0.5) is 0 Å². The van der Waals surface area contributed by atoms with Gasteiger partial charge in [-0.15, -0.1) is 22.7 Å². The lowest BCUT2D eigenvalue weighted by molar-refractivity contribution is -0.127. The van der Waals surface area contributed by atoms with E-state index in [2.05, 4.69) is 16.8 Å². The number of nitrogens with zero attached hydrogens (tertiary/aromatic N) is 1. The zero-order chi connectivity index (χ0) is 19.6. The molecule has 28 heavy (non-hydrogen) atoms. The number of piperidine rings is 1. The Kier molecular flexibility index (Phi) is 6.20. The highest BCUT2D eigenvalue weighted by molar-refractivity contribution is 7.91. The Balaban J connectivity index is 1.38. The Morgan fingerprint density at radius 2 is 1.71 bits per heavy atom. The van der Waals surface area contributed by atoms with E-state index in [1.165, 1.54) is 46.2 Å². The Hall–Kier alpha value is -1.22. The van der Waals surface area contributed by atoms with Gasteiger partial charge in [0.25, 0.3) is 10.0 Å². The molecule has 0 bridgehead atoms. The molecule has 4 rings (SSSR count). The van der Waals surface area contributed by atoms with Crippen molar-refractivity contribution in [2.75, 3.05) is 13.1 Å². The number of carbonyl (C=O) groups is 1. The first kappa shape index (κ1) is 20.1. The van der Waals surface area contributed by atoms with Gasteiger partial charge in [-0.25, -0.2) is 8.42 Å². The summed E-state index contributed by atoms with van der Waals surface area (Å²) in [6, 6.07) is 7.66. The van der Waals surface area contributed by atoms with Gasteiger partial charge < -0.3 is 5.32 Å². The summed E-state index contributed by atoms with van der Waals surface area (Å²) in [5.74, 6) is 0.485. The summed E-state index contributed by atoms with van der Waals surface area (Å²) in [5.41, 5.74) is 0. The summed E-state index contributed by atoms with van der Waals surface area (Å²) in [4.78, 5) is 14.2. The van der Waals surface area contributed by atoms with Crippen LogP contribution in [0.1, 0.15) is 49.4 Å². The van der Waals surface area contributed by atoms with Crippen LogP contribution >= 0.6 is 22.7 Å². The topological polar surface area (TPSA) is 66.5 Å². The van der Waals surface area contributed by atoms with E-state index in [4.69, 9.17) is 0 Å². The highest BCUT2D eigenvalue weighted by Gasteiger charge is 2.35. The number of hydrogen-bond donors (Lipinski definition) is 1. The van der Waals surface area contributed by atoms with Crippen LogP contribution in [0.2, 0.25) is 0 Å². The molecule has 1 unspecified atom stereocenters. The van der Waals surface area contributed by atoms with Gasteiger partial charge >= 0.3 is 0 Å². The molecule has 1 aliphatic heterocycles. The number of rotatable bonds is 6. The van der Waals surface area contributed by atoms with E-state index in [1.54, 1.807) is 28.8 Å². The first-order valence-corrected chi connectivity index (χ1v) is 13.1. The minimum absolute atomic E-state index is 0.0819. The van der Waals surface area contributed by atoms with E-state index in [-0.39, 0.29) is 17.9 Å². The molecule has 1 atom stereocenters. The molecule has 5 nitrogen and oxygen atoms in total. The predicted octanol–water partition coefficient (Wildman–Crippen LogP) is 4.26. The molecule has 1 saturated heterocycles. The minimum atomic E-state index is -3.42. The summed E-state index contributed by atoms with van der Waals surface area (Å²) in [5, 5.41) is 7.16. The molecule has 1 N–H and O–H groups in total. The number of amides is 1. The number of sulfonamides is 1. The molecule has 1 amide bonds. The standard InChI is InChI=1S/C20H26N2O3S3/c23-20(21-19(15-5-1-2-6-15)17-7-3-13-26-17)16-9-11-22(12-10-16)28(24,25)18-8-4-14-27-18/h3-4,7-8,13-16,19H,1-2,5-6,9-12H2,(H,21,23). The molecule has 2 fully saturated rings. The molecule has 8 heteroatoms. The fourth-order valence-electron chi connectivity index (χ4n) is 4.35. The minimum Gasteiger partial charge on any atom is -0.348 e. The maximum Gasteiger partial charge on any atom is 0.252 e. The molecule has 0 radical (unpaired) electrons. The van der Waals surface area contributed by atoms with Gasteiger partial charge in [0.05, 0.1) is 6.04 Å². The molecular formula is C20H26N2O3S3. The van der Waals surface area contributed by atoms with E-state index in [0.29, 0.717) is 36.1 Å². The summed E-state index contributed by atoms with van der Waals surface area (Å²) in [6.07, 6.45) is 5.97. The molecule has 2 aromatic rings. The Morgan fingerprint density at radius 3 is 2.32 bits per heavy atom. The van der Waals surface area contributed by atoms with E-state index in [1.807, 2.05) is 6.07 Å². The summed E-state index contributed by atoms with van der Waals surface area (Å²) >= 11 is 2.95. The number of nitrogens with one attached hydrogen (secondary N) is 1. The lowest BCUT2D eigenvalue weighted by Gasteiger charge is -2.32. The number of hydrogen-bond acceptors (Lipinski definition) is 5. The Bertz CT molecular complexity index is 864. The van der Waals surface area contributed by atoms with Crippen molar-refractivity contribution in [2.24, 2.45) is 11.8 Å². The molecule has 3 heterocycles. The number of carbonyl (C=O) groups excluding carboxylic acids is 1. The maximum absolute atomic E-state index is 13.0.